The first-order valence-corrected chi connectivity index (χ1v) is 6.89. The fourth-order valence-electron chi connectivity index (χ4n) is 1.06. The number of anilines is 2. The summed E-state index contributed by atoms with van der Waals surface area (Å²) in [6, 6.07) is 3.27. The highest BCUT2D eigenvalue weighted by Crippen LogP contribution is 2.31. The lowest BCUT2D eigenvalue weighted by Crippen LogP contribution is -1.97. The van der Waals surface area contributed by atoms with Crippen molar-refractivity contribution in [1.29, 1.82) is 0 Å². The van der Waals surface area contributed by atoms with Crippen molar-refractivity contribution in [2.45, 2.75) is 20.8 Å². The molecule has 0 aliphatic rings. The second-order valence-corrected chi connectivity index (χ2v) is 3.33. The third-order valence-electron chi connectivity index (χ3n) is 2.15. The number of methoxy groups -OCH3 is 2. The van der Waals surface area contributed by atoms with Crippen molar-refractivity contribution in [3.8, 4) is 11.5 Å². The molecule has 1 aromatic rings. The van der Waals surface area contributed by atoms with Gasteiger partial charge in [-0.2, -0.15) is 0 Å². The molecule has 6 heteroatoms. The zero-order chi connectivity index (χ0) is 18.1. The van der Waals surface area contributed by atoms with Gasteiger partial charge in [0.05, 0.1) is 25.6 Å². The van der Waals surface area contributed by atoms with E-state index < -0.39 is 0 Å². The Morgan fingerprint density at radius 2 is 1.32 bits per heavy atom. The minimum absolute atomic E-state index is 0.517. The van der Waals surface area contributed by atoms with Crippen LogP contribution in [0, 0.1) is 0 Å². The summed E-state index contributed by atoms with van der Waals surface area (Å²) < 4.78 is 9.93. The molecule has 1 aromatic carbocycles. The van der Waals surface area contributed by atoms with Gasteiger partial charge in [0.1, 0.15) is 11.5 Å². The smallest absolute Gasteiger partial charge is 0.144 e. The highest BCUT2D eigenvalue weighted by atomic mass is 16.5. The molecule has 0 unspecified atom stereocenters. The highest BCUT2D eigenvalue weighted by molar-refractivity contribution is 5.67. The molecule has 0 fully saturated rings. The quantitative estimate of drug-likeness (QED) is 0.502. The van der Waals surface area contributed by atoms with Crippen LogP contribution in [0.4, 0.5) is 11.4 Å². The standard InChI is InChI=1S/C8H12N2O2.C5H9N.C2H6.CH5N/c1-11-7-3-6(10)8(12-2)4-5(7)9;1-3-5(6)4-2;2*1-2/h3-4H,9-10H2,1-2H3;3-4H,1,6H2,2H3;1-2H3;2H2,1H3/b;5-4+;;. The van der Waals surface area contributed by atoms with Gasteiger partial charge >= 0.3 is 0 Å². The van der Waals surface area contributed by atoms with E-state index in [0.29, 0.717) is 22.9 Å². The Balaban J connectivity index is -0.000000306. The van der Waals surface area contributed by atoms with Crippen LogP contribution >= 0.6 is 0 Å². The van der Waals surface area contributed by atoms with Gasteiger partial charge in [-0.25, -0.2) is 0 Å². The van der Waals surface area contributed by atoms with Gasteiger partial charge in [-0.05, 0) is 20.0 Å². The molecule has 0 spiro atoms. The van der Waals surface area contributed by atoms with E-state index in [1.165, 1.54) is 21.3 Å². The van der Waals surface area contributed by atoms with Crippen LogP contribution in [0.1, 0.15) is 20.8 Å². The molecule has 0 bridgehead atoms. The molecule has 0 saturated heterocycles. The van der Waals surface area contributed by atoms with Crippen molar-refractivity contribution in [2.75, 3.05) is 32.7 Å². The molecule has 0 amide bonds. The van der Waals surface area contributed by atoms with Gasteiger partial charge in [-0.3, -0.25) is 0 Å². The third-order valence-corrected chi connectivity index (χ3v) is 2.15. The number of hydrogen-bond acceptors (Lipinski definition) is 6. The third kappa shape index (κ3) is 10.4. The molecule has 0 atom stereocenters. The van der Waals surface area contributed by atoms with E-state index in [2.05, 4.69) is 12.3 Å². The van der Waals surface area contributed by atoms with Gasteiger partial charge in [0.15, 0.2) is 0 Å². The Labute approximate surface area is 134 Å². The first-order valence-electron chi connectivity index (χ1n) is 6.89. The van der Waals surface area contributed by atoms with Crippen molar-refractivity contribution in [3.05, 3.63) is 36.6 Å². The molecule has 0 aliphatic heterocycles. The van der Waals surface area contributed by atoms with Crippen LogP contribution in [-0.2, 0) is 0 Å². The molecule has 0 aromatic heterocycles. The zero-order valence-corrected chi connectivity index (χ0v) is 14.6. The van der Waals surface area contributed by atoms with E-state index in [9.17, 15) is 0 Å². The van der Waals surface area contributed by atoms with Crippen molar-refractivity contribution < 1.29 is 9.47 Å². The molecule has 128 valence electrons. The molecular formula is C16H32N4O2. The van der Waals surface area contributed by atoms with Crippen LogP contribution in [0.25, 0.3) is 0 Å². The van der Waals surface area contributed by atoms with Gasteiger partial charge < -0.3 is 32.4 Å². The van der Waals surface area contributed by atoms with E-state index in [-0.39, 0.29) is 0 Å². The summed E-state index contributed by atoms with van der Waals surface area (Å²) in [6.45, 7) is 9.31. The van der Waals surface area contributed by atoms with Crippen LogP contribution in [0.5, 0.6) is 11.5 Å². The van der Waals surface area contributed by atoms with E-state index in [4.69, 9.17) is 26.7 Å². The van der Waals surface area contributed by atoms with Crippen molar-refractivity contribution >= 4 is 11.4 Å². The summed E-state index contributed by atoms with van der Waals surface area (Å²) in [5, 5.41) is 0. The molecule has 8 N–H and O–H groups in total. The number of nitrogens with two attached hydrogens (primary N) is 4. The van der Waals surface area contributed by atoms with E-state index in [1.807, 2.05) is 20.8 Å². The molecular weight excluding hydrogens is 280 g/mol. The number of ether oxygens (including phenoxy) is 2. The van der Waals surface area contributed by atoms with Crippen LogP contribution < -0.4 is 32.4 Å². The SMILES string of the molecule is C=C/C(N)=C\C.CC.CN.COc1cc(N)c(OC)cc1N. The number of allylic oxidation sites excluding steroid dienone is 2. The second-order valence-electron chi connectivity index (χ2n) is 3.33. The van der Waals surface area contributed by atoms with Gasteiger partial charge in [0, 0.05) is 17.8 Å². The first kappa shape index (κ1) is 24.7. The summed E-state index contributed by atoms with van der Waals surface area (Å²) in [5.41, 5.74) is 22.7. The van der Waals surface area contributed by atoms with Crippen molar-refractivity contribution in [1.82, 2.24) is 0 Å². The number of hydrogen-bond donors (Lipinski definition) is 4. The maximum absolute atomic E-state index is 5.62. The molecule has 0 saturated carbocycles. The van der Waals surface area contributed by atoms with Gasteiger partial charge in [0.25, 0.3) is 0 Å². The zero-order valence-electron chi connectivity index (χ0n) is 14.6. The van der Waals surface area contributed by atoms with Crippen LogP contribution in [0.15, 0.2) is 36.6 Å². The minimum Gasteiger partial charge on any atom is -0.495 e. The van der Waals surface area contributed by atoms with Crippen LogP contribution in [-0.4, -0.2) is 21.3 Å². The van der Waals surface area contributed by atoms with Crippen LogP contribution in [0.3, 0.4) is 0 Å². The number of rotatable bonds is 3. The van der Waals surface area contributed by atoms with Gasteiger partial charge in [-0.1, -0.05) is 26.5 Å². The summed E-state index contributed by atoms with van der Waals surface area (Å²) in [4.78, 5) is 0. The number of benzene rings is 1. The normalized spacial score (nSPS) is 8.77. The topological polar surface area (TPSA) is 123 Å². The minimum atomic E-state index is 0.517. The molecule has 1 rings (SSSR count). The maximum Gasteiger partial charge on any atom is 0.144 e. The average Bonchev–Trinajstić information content (AvgIpc) is 2.59. The first-order chi connectivity index (χ1) is 10.5. The molecule has 22 heavy (non-hydrogen) atoms. The molecule has 0 aliphatic carbocycles. The summed E-state index contributed by atoms with van der Waals surface area (Å²) in [6.07, 6.45) is 3.41. The lowest BCUT2D eigenvalue weighted by Gasteiger charge is -2.08. The summed E-state index contributed by atoms with van der Waals surface area (Å²) in [5.74, 6) is 1.13. The maximum atomic E-state index is 5.62. The van der Waals surface area contributed by atoms with Gasteiger partial charge in [0.2, 0.25) is 0 Å². The van der Waals surface area contributed by atoms with Crippen molar-refractivity contribution in [2.24, 2.45) is 11.5 Å². The second kappa shape index (κ2) is 16.7. The average molecular weight is 312 g/mol. The number of nitrogen functional groups attached to an aromatic ring is 2. The summed E-state index contributed by atoms with van der Waals surface area (Å²) in [7, 11) is 4.58. The highest BCUT2D eigenvalue weighted by Gasteiger charge is 2.05. The largest absolute Gasteiger partial charge is 0.495 e. The Bertz CT molecular complexity index is 403. The monoisotopic (exact) mass is 312 g/mol. The predicted molar refractivity (Wildman–Crippen MR) is 98.0 cm³/mol. The summed E-state index contributed by atoms with van der Waals surface area (Å²) >= 11 is 0. The van der Waals surface area contributed by atoms with Crippen molar-refractivity contribution in [3.63, 3.8) is 0 Å². The van der Waals surface area contributed by atoms with E-state index >= 15 is 0 Å². The lowest BCUT2D eigenvalue weighted by molar-refractivity contribution is 0.407. The molecule has 0 heterocycles. The fourth-order valence-corrected chi connectivity index (χ4v) is 1.06. The predicted octanol–water partition coefficient (Wildman–Crippen LogP) is 2.50. The Kier molecular flexibility index (Phi) is 18.7. The van der Waals surface area contributed by atoms with Gasteiger partial charge in [-0.15, -0.1) is 0 Å². The molecule has 0 radical (unpaired) electrons. The van der Waals surface area contributed by atoms with Crippen LogP contribution in [0.2, 0.25) is 0 Å². The Morgan fingerprint density at radius 3 is 1.45 bits per heavy atom. The fraction of sp³-hybridized carbons (Fsp3) is 0.375. The van der Waals surface area contributed by atoms with E-state index in [0.717, 1.165) is 5.70 Å². The lowest BCUT2D eigenvalue weighted by atomic mass is 10.2. The Hall–Kier alpha value is -2.34. The Morgan fingerprint density at radius 1 is 1.00 bits per heavy atom. The van der Waals surface area contributed by atoms with E-state index in [1.54, 1.807) is 24.3 Å². The molecule has 6 nitrogen and oxygen atoms in total.